The van der Waals surface area contributed by atoms with Gasteiger partial charge < -0.3 is 0 Å². The van der Waals surface area contributed by atoms with Crippen molar-refractivity contribution in [1.82, 2.24) is 0 Å². The lowest BCUT2D eigenvalue weighted by molar-refractivity contribution is 1.09. The van der Waals surface area contributed by atoms with Gasteiger partial charge in [0.15, 0.2) is 0 Å². The van der Waals surface area contributed by atoms with Gasteiger partial charge in [0.2, 0.25) is 0 Å². The minimum atomic E-state index is 0.901. The van der Waals surface area contributed by atoms with Crippen molar-refractivity contribution in [3.63, 3.8) is 0 Å². The average Bonchev–Trinajstić information content (AvgIpc) is 2.33. The molecule has 0 fully saturated rings. The zero-order valence-electron chi connectivity index (χ0n) is 12.6. The van der Waals surface area contributed by atoms with E-state index >= 15 is 0 Å². The number of allylic oxidation sites excluding steroid dienone is 8. The third kappa shape index (κ3) is 12.5. The first-order valence-corrected chi connectivity index (χ1v) is 6.46. The molecule has 0 N–H and O–H groups in total. The van der Waals surface area contributed by atoms with E-state index in [2.05, 4.69) is 47.1 Å². The summed E-state index contributed by atoms with van der Waals surface area (Å²) in [5, 5.41) is 0. The Hall–Kier alpha value is -1.56. The van der Waals surface area contributed by atoms with E-state index in [1.807, 2.05) is 31.2 Å². The lowest BCUT2D eigenvalue weighted by Crippen LogP contribution is -1.79. The van der Waals surface area contributed by atoms with Crippen molar-refractivity contribution in [1.29, 1.82) is 0 Å². The van der Waals surface area contributed by atoms with Crippen molar-refractivity contribution < 1.29 is 0 Å². The predicted octanol–water partition coefficient (Wildman–Crippen LogP) is 6.17. The van der Waals surface area contributed by atoms with Gasteiger partial charge in [-0.2, -0.15) is 0 Å². The number of rotatable bonds is 6. The lowest BCUT2D eigenvalue weighted by Gasteiger charge is -1.99. The van der Waals surface area contributed by atoms with Crippen LogP contribution in [0, 0.1) is 0 Å². The Morgan fingerprint density at radius 2 is 1.17 bits per heavy atom. The molecule has 0 saturated carbocycles. The van der Waals surface area contributed by atoms with Crippen molar-refractivity contribution in [3.8, 4) is 0 Å². The highest BCUT2D eigenvalue weighted by Gasteiger charge is 1.91. The van der Waals surface area contributed by atoms with Crippen molar-refractivity contribution in [2.24, 2.45) is 0 Å². The second-order valence-electron chi connectivity index (χ2n) is 4.28. The fourth-order valence-electron chi connectivity index (χ4n) is 0.793. The monoisotopic (exact) mass is 244 g/mol. The highest BCUT2D eigenvalue weighted by atomic mass is 14.0. The quantitative estimate of drug-likeness (QED) is 0.490. The van der Waals surface area contributed by atoms with E-state index in [1.54, 1.807) is 0 Å². The molecule has 100 valence electrons. The van der Waals surface area contributed by atoms with E-state index in [9.17, 15) is 0 Å². The van der Waals surface area contributed by atoms with Gasteiger partial charge in [-0.15, -0.1) is 0 Å². The fraction of sp³-hybridized carbons (Fsp3) is 0.333. The van der Waals surface area contributed by atoms with E-state index < -0.39 is 0 Å². The molecule has 0 aromatic carbocycles. The van der Waals surface area contributed by atoms with Crippen molar-refractivity contribution in [2.75, 3.05) is 0 Å². The summed E-state index contributed by atoms with van der Waals surface area (Å²) in [5.74, 6) is 0. The summed E-state index contributed by atoms with van der Waals surface area (Å²) in [6, 6.07) is 0. The fourth-order valence-corrected chi connectivity index (χ4v) is 0.793. The zero-order valence-corrected chi connectivity index (χ0v) is 12.6. The molecule has 0 atom stereocenters. The summed E-state index contributed by atoms with van der Waals surface area (Å²) >= 11 is 0. The smallest absolute Gasteiger partial charge is 0.0262 e. The SMILES string of the molecule is C=C(C)/C=C\C(=C)C(=C)/C=C\C(=C)CC.CCC. The normalized spacial score (nSPS) is 10.0. The van der Waals surface area contributed by atoms with E-state index in [-0.39, 0.29) is 0 Å². The van der Waals surface area contributed by atoms with Gasteiger partial charge in [0.1, 0.15) is 0 Å². The first-order chi connectivity index (χ1) is 8.38. The Bertz CT molecular complexity index is 348. The molecule has 0 heterocycles. The summed E-state index contributed by atoms with van der Waals surface area (Å²) in [4.78, 5) is 0. The van der Waals surface area contributed by atoms with Gasteiger partial charge in [0.25, 0.3) is 0 Å². The molecule has 0 aliphatic carbocycles. The Morgan fingerprint density at radius 3 is 1.50 bits per heavy atom. The van der Waals surface area contributed by atoms with Crippen molar-refractivity contribution in [2.45, 2.75) is 40.5 Å². The topological polar surface area (TPSA) is 0 Å². The zero-order chi connectivity index (χ0) is 14.6. The van der Waals surface area contributed by atoms with Gasteiger partial charge in [-0.25, -0.2) is 0 Å². The summed E-state index contributed by atoms with van der Waals surface area (Å²) < 4.78 is 0. The number of hydrogen-bond donors (Lipinski definition) is 0. The van der Waals surface area contributed by atoms with E-state index in [0.717, 1.165) is 28.7 Å². The van der Waals surface area contributed by atoms with Crippen LogP contribution in [0.3, 0.4) is 0 Å². The van der Waals surface area contributed by atoms with Gasteiger partial charge >= 0.3 is 0 Å². The molecule has 0 unspecified atom stereocenters. The van der Waals surface area contributed by atoms with Gasteiger partial charge in [-0.3, -0.25) is 0 Å². The number of hydrogen-bond acceptors (Lipinski definition) is 0. The second kappa shape index (κ2) is 11.9. The van der Waals surface area contributed by atoms with Crippen LogP contribution in [0.25, 0.3) is 0 Å². The minimum absolute atomic E-state index is 0.901. The predicted molar refractivity (Wildman–Crippen MR) is 86.8 cm³/mol. The third-order valence-corrected chi connectivity index (χ3v) is 1.96. The van der Waals surface area contributed by atoms with Crippen LogP contribution in [-0.4, -0.2) is 0 Å². The Balaban J connectivity index is 0. The van der Waals surface area contributed by atoms with Gasteiger partial charge in [-0.1, -0.05) is 89.0 Å². The first-order valence-electron chi connectivity index (χ1n) is 6.46. The van der Waals surface area contributed by atoms with Crippen LogP contribution in [0.15, 0.2) is 72.9 Å². The maximum Gasteiger partial charge on any atom is -0.0262 e. The molecule has 0 heteroatoms. The lowest BCUT2D eigenvalue weighted by atomic mass is 10.1. The molecule has 0 amide bonds. The Labute approximate surface area is 114 Å². The van der Waals surface area contributed by atoms with Crippen LogP contribution in [0.4, 0.5) is 0 Å². The molecule has 0 aliphatic rings. The van der Waals surface area contributed by atoms with Crippen LogP contribution < -0.4 is 0 Å². The molecule has 0 aromatic heterocycles. The van der Waals surface area contributed by atoms with Gasteiger partial charge in [0, 0.05) is 0 Å². The first kappa shape index (κ1) is 18.8. The molecule has 0 aromatic rings. The largest absolute Gasteiger partial charge is 0.0961 e. The molecule has 0 saturated heterocycles. The van der Waals surface area contributed by atoms with Crippen molar-refractivity contribution in [3.05, 3.63) is 72.9 Å². The molecule has 0 aliphatic heterocycles. The molecule has 0 rings (SSSR count). The Kier molecular flexibility index (Phi) is 12.4. The van der Waals surface area contributed by atoms with Crippen LogP contribution in [0.1, 0.15) is 40.5 Å². The third-order valence-electron chi connectivity index (χ3n) is 1.96. The molecule has 0 radical (unpaired) electrons. The summed E-state index contributed by atoms with van der Waals surface area (Å²) in [6.07, 6.45) is 9.97. The van der Waals surface area contributed by atoms with Crippen molar-refractivity contribution >= 4 is 0 Å². The average molecular weight is 244 g/mol. The van der Waals surface area contributed by atoms with Gasteiger partial charge in [0.05, 0.1) is 0 Å². The molecular formula is C18H28. The maximum absolute atomic E-state index is 3.93. The highest BCUT2D eigenvalue weighted by Crippen LogP contribution is 2.11. The second-order valence-corrected chi connectivity index (χ2v) is 4.28. The van der Waals surface area contributed by atoms with Crippen LogP contribution >= 0.6 is 0 Å². The van der Waals surface area contributed by atoms with E-state index in [0.29, 0.717) is 0 Å². The Morgan fingerprint density at radius 1 is 0.778 bits per heavy atom. The maximum atomic E-state index is 3.93. The van der Waals surface area contributed by atoms with Crippen LogP contribution in [0.5, 0.6) is 0 Å². The molecular weight excluding hydrogens is 216 g/mol. The van der Waals surface area contributed by atoms with Crippen LogP contribution in [0.2, 0.25) is 0 Å². The summed E-state index contributed by atoms with van der Waals surface area (Å²) in [5.41, 5.74) is 3.90. The molecule has 0 nitrogen and oxygen atoms in total. The van der Waals surface area contributed by atoms with E-state index in [4.69, 9.17) is 0 Å². The molecule has 18 heavy (non-hydrogen) atoms. The highest BCUT2D eigenvalue weighted by molar-refractivity contribution is 5.45. The molecule has 0 bridgehead atoms. The summed E-state index contributed by atoms with van der Waals surface area (Å²) in [6.45, 7) is 23.8. The summed E-state index contributed by atoms with van der Waals surface area (Å²) in [7, 11) is 0. The van der Waals surface area contributed by atoms with Gasteiger partial charge in [-0.05, 0) is 24.5 Å². The molecule has 0 spiro atoms. The van der Waals surface area contributed by atoms with Crippen LogP contribution in [-0.2, 0) is 0 Å². The van der Waals surface area contributed by atoms with E-state index in [1.165, 1.54) is 6.42 Å². The minimum Gasteiger partial charge on any atom is -0.0961 e. The standard InChI is InChI=1S/C15H20.C3H8/c1-7-13(4)9-11-15(6)14(5)10-8-12(2)3;1-3-2/h8-11H,2,4-7H2,1,3H3;3H2,1-2H3/b10-8-,11-9-;.